The molecular formula is C53H84N18O13S. The van der Waals surface area contributed by atoms with Crippen molar-refractivity contribution < 1.29 is 62.6 Å². The molecule has 19 N–H and O–H groups in total. The SMILES string of the molecule is CSCC[C@H](NC1Cn2cc(nn2)CC(C(=O)O)NNCC(=O)C(=O)CNC(=O)[C@@H]2CCCN2C(=O)CNC(=O)C(Cc2ccccc2)NC(=O)CNC1=O)C(=O)C(=O)[C@H](CCCCN)NC(=O)C(CCCCN)NC(=O)[C@H](CCCCN)NN. The molecule has 1 aromatic heterocycles. The van der Waals surface area contributed by atoms with Gasteiger partial charge in [0.25, 0.3) is 0 Å². The van der Waals surface area contributed by atoms with E-state index in [0.717, 1.165) is 4.68 Å². The van der Waals surface area contributed by atoms with Crippen molar-refractivity contribution in [3.8, 4) is 0 Å². The molecule has 0 saturated carbocycles. The number of hydrogen-bond acceptors (Lipinski definition) is 23. The van der Waals surface area contributed by atoms with Crippen molar-refractivity contribution in [1.29, 1.82) is 0 Å². The minimum absolute atomic E-state index is 0.0355. The number of amides is 7. The van der Waals surface area contributed by atoms with Crippen LogP contribution in [0.15, 0.2) is 36.5 Å². The number of nitrogens with zero attached hydrogens (tertiary/aromatic N) is 4. The summed E-state index contributed by atoms with van der Waals surface area (Å²) in [5.74, 6) is -4.81. The molecule has 0 radical (unpaired) electrons. The summed E-state index contributed by atoms with van der Waals surface area (Å²) in [4.78, 5) is 165. The Kier molecular flexibility index (Phi) is 31.4. The van der Waals surface area contributed by atoms with E-state index in [-0.39, 0.29) is 63.1 Å². The number of unbranched alkanes of at least 4 members (excludes halogenated alkanes) is 3. The summed E-state index contributed by atoms with van der Waals surface area (Å²) in [6, 6.07) is -1.67. The molecule has 2 aliphatic heterocycles. The number of hydrazine groups is 2. The van der Waals surface area contributed by atoms with E-state index in [0.29, 0.717) is 70.0 Å². The minimum Gasteiger partial charge on any atom is -0.480 e. The van der Waals surface area contributed by atoms with Crippen LogP contribution in [0.4, 0.5) is 0 Å². The summed E-state index contributed by atoms with van der Waals surface area (Å²) in [6.45, 7) is -2.16. The van der Waals surface area contributed by atoms with Crippen molar-refractivity contribution in [2.75, 3.05) is 64.4 Å². The zero-order valence-corrected chi connectivity index (χ0v) is 48.7. The highest BCUT2D eigenvalue weighted by molar-refractivity contribution is 7.98. The van der Waals surface area contributed by atoms with Crippen LogP contribution >= 0.6 is 11.8 Å². The number of benzene rings is 1. The molecule has 31 nitrogen and oxygen atoms in total. The highest BCUT2D eigenvalue weighted by Crippen LogP contribution is 2.18. The standard InChI is InChI=1S/C53H84N18O13S/c1-85-23-18-35(47(77)46(76)34(14-5-8-19-54)64-50(80)36(15-6-9-20-55)65-51(81)37(66-57)16-7-10-21-56)62-40-31-70-30-33(67-69-70)25-39(53(83)84)68-61-27-43(73)42(72)26-58-52(82)41-17-11-22-71(41)45(75)29-60-48(78)38(24-32-12-3-2-4-13-32)63-44(74)28-59-49(40)79/h2-4,12-13,30,34-41,61-62,66,68H,5-11,14-29,31,54-57H2,1H3,(H,58,82)(H,59,79)(H,60,78)(H,63,74)(H,64,80)(H,65,81)(H,83,84)/t34-,35-,36?,37-,38?,39?,40?,41-/m0/s1. The van der Waals surface area contributed by atoms with Gasteiger partial charge < -0.3 is 59.1 Å². The van der Waals surface area contributed by atoms with Crippen molar-refractivity contribution in [1.82, 2.24) is 73.4 Å². The minimum atomic E-state index is -1.52. The molecule has 2 bridgehead atoms. The molecule has 85 heavy (non-hydrogen) atoms. The number of Topliss-reactive ketones (excluding diaryl/α,β-unsaturated/α-hetero) is 4. The number of fused-ring (bicyclic) bond motifs is 3. The van der Waals surface area contributed by atoms with E-state index in [2.05, 4.69) is 63.8 Å². The summed E-state index contributed by atoms with van der Waals surface area (Å²) in [5, 5.41) is 36.6. The van der Waals surface area contributed by atoms with Crippen molar-refractivity contribution in [3.05, 3.63) is 47.8 Å². The highest BCUT2D eigenvalue weighted by Gasteiger charge is 2.38. The Balaban J connectivity index is 1.68. The zero-order valence-electron chi connectivity index (χ0n) is 47.9. The lowest BCUT2D eigenvalue weighted by atomic mass is 9.95. The van der Waals surface area contributed by atoms with Gasteiger partial charge in [0.2, 0.25) is 64.5 Å². The Bertz CT molecular complexity index is 2580. The van der Waals surface area contributed by atoms with Crippen molar-refractivity contribution >= 4 is 82.2 Å². The number of rotatable bonds is 28. The zero-order chi connectivity index (χ0) is 62.3. The van der Waals surface area contributed by atoms with Gasteiger partial charge in [0.1, 0.15) is 30.2 Å². The lowest BCUT2D eigenvalue weighted by molar-refractivity contribution is -0.141. The smallest absolute Gasteiger partial charge is 0.322 e. The maximum atomic E-state index is 14.7. The number of carboxylic acid groups (broad SMARTS) is 1. The van der Waals surface area contributed by atoms with Gasteiger partial charge in [-0.15, -0.1) is 5.10 Å². The summed E-state index contributed by atoms with van der Waals surface area (Å²) >= 11 is 1.32. The Morgan fingerprint density at radius 2 is 1.33 bits per heavy atom. The van der Waals surface area contributed by atoms with Gasteiger partial charge in [-0.1, -0.05) is 42.0 Å². The molecule has 470 valence electrons. The Morgan fingerprint density at radius 1 is 0.729 bits per heavy atom. The average Bonchev–Trinajstić information content (AvgIpc) is 4.33. The predicted molar refractivity (Wildman–Crippen MR) is 310 cm³/mol. The lowest BCUT2D eigenvalue weighted by Crippen LogP contribution is -2.59. The van der Waals surface area contributed by atoms with Crippen LogP contribution in [0.3, 0.4) is 0 Å². The monoisotopic (exact) mass is 1210 g/mol. The molecule has 4 rings (SSSR count). The fourth-order valence-corrected chi connectivity index (χ4v) is 9.82. The molecule has 7 amide bonds. The van der Waals surface area contributed by atoms with Gasteiger partial charge in [0.05, 0.1) is 56.5 Å². The van der Waals surface area contributed by atoms with E-state index in [4.69, 9.17) is 23.0 Å². The molecule has 1 aromatic carbocycles. The number of carbonyl (C=O) groups excluding carboxylic acids is 11. The Labute approximate surface area is 496 Å². The van der Waals surface area contributed by atoms with E-state index in [1.54, 1.807) is 36.6 Å². The second kappa shape index (κ2) is 38.0. The number of nitrogens with one attached hydrogen (secondary N) is 10. The van der Waals surface area contributed by atoms with Crippen LogP contribution < -0.4 is 76.5 Å². The van der Waals surface area contributed by atoms with E-state index in [1.165, 1.54) is 22.9 Å². The molecule has 1 fully saturated rings. The molecule has 2 aromatic rings. The van der Waals surface area contributed by atoms with E-state index >= 15 is 0 Å². The molecule has 32 heteroatoms. The summed E-state index contributed by atoms with van der Waals surface area (Å²) < 4.78 is 1.14. The number of carbonyl (C=O) groups is 12. The molecular weight excluding hydrogens is 1130 g/mol. The van der Waals surface area contributed by atoms with Gasteiger partial charge in [0, 0.05) is 25.6 Å². The number of carboxylic acids is 1. The number of thioether (sulfide) groups is 1. The first-order chi connectivity index (χ1) is 40.8. The van der Waals surface area contributed by atoms with Gasteiger partial charge in [-0.05, 0) is 108 Å². The first-order valence-electron chi connectivity index (χ1n) is 28.5. The van der Waals surface area contributed by atoms with Gasteiger partial charge in [-0.2, -0.15) is 11.8 Å². The average molecular weight is 1210 g/mol. The van der Waals surface area contributed by atoms with E-state index < -0.39 is 152 Å². The van der Waals surface area contributed by atoms with Crippen LogP contribution in [0.25, 0.3) is 0 Å². The number of aliphatic carboxylic acids is 1. The molecule has 3 heterocycles. The number of aromatic nitrogens is 3. The fraction of sp³-hybridized carbons (Fsp3) is 0.623. The summed E-state index contributed by atoms with van der Waals surface area (Å²) in [7, 11) is 0. The third kappa shape index (κ3) is 24.0. The number of ketones is 4. The quantitative estimate of drug-likeness (QED) is 0.0163. The van der Waals surface area contributed by atoms with Crippen LogP contribution in [0.1, 0.15) is 88.3 Å². The molecule has 8 atom stereocenters. The molecule has 0 aliphatic carbocycles. The summed E-state index contributed by atoms with van der Waals surface area (Å²) in [5.41, 5.74) is 25.2. The van der Waals surface area contributed by atoms with E-state index in [9.17, 15) is 62.6 Å². The second-order valence-corrected chi connectivity index (χ2v) is 21.5. The van der Waals surface area contributed by atoms with Crippen LogP contribution in [0.2, 0.25) is 0 Å². The van der Waals surface area contributed by atoms with Crippen LogP contribution in [0, 0.1) is 0 Å². The van der Waals surface area contributed by atoms with Gasteiger partial charge in [-0.25, -0.2) is 16.3 Å². The lowest BCUT2D eigenvalue weighted by Gasteiger charge is -2.27. The third-order valence-electron chi connectivity index (χ3n) is 14.1. The van der Waals surface area contributed by atoms with Crippen LogP contribution in [-0.2, 0) is 76.9 Å². The number of nitrogens with two attached hydrogens (primary N) is 4. The van der Waals surface area contributed by atoms with Crippen molar-refractivity contribution in [3.63, 3.8) is 0 Å². The van der Waals surface area contributed by atoms with Gasteiger partial charge in [0.15, 0.2) is 0 Å². The van der Waals surface area contributed by atoms with Crippen molar-refractivity contribution in [2.45, 2.75) is 145 Å². The molecule has 4 unspecified atom stereocenters. The topological polar surface area (TPSA) is 483 Å². The maximum Gasteiger partial charge on any atom is 0.322 e. The van der Waals surface area contributed by atoms with Crippen molar-refractivity contribution in [2.24, 2.45) is 23.0 Å². The largest absolute Gasteiger partial charge is 0.480 e. The second-order valence-electron chi connectivity index (χ2n) is 20.6. The maximum absolute atomic E-state index is 14.7. The fourth-order valence-electron chi connectivity index (χ4n) is 9.35. The number of hydrogen-bond donors (Lipinski definition) is 15. The first-order valence-corrected chi connectivity index (χ1v) is 29.9. The van der Waals surface area contributed by atoms with Crippen LogP contribution in [0.5, 0.6) is 0 Å². The normalized spacial score (nSPS) is 20.5. The molecule has 1 saturated heterocycles. The first kappa shape index (κ1) is 70.3. The predicted octanol–water partition coefficient (Wildman–Crippen LogP) is -6.01. The molecule has 0 spiro atoms. The Morgan fingerprint density at radius 3 is 1.98 bits per heavy atom. The third-order valence-corrected chi connectivity index (χ3v) is 14.7. The van der Waals surface area contributed by atoms with E-state index in [1.807, 2.05) is 0 Å². The van der Waals surface area contributed by atoms with Gasteiger partial charge >= 0.3 is 5.97 Å². The van der Waals surface area contributed by atoms with Gasteiger partial charge in [-0.3, -0.25) is 73.4 Å². The summed E-state index contributed by atoms with van der Waals surface area (Å²) in [6.07, 6.45) is 6.41. The Hall–Kier alpha value is -7.17. The van der Waals surface area contributed by atoms with Crippen LogP contribution in [-0.4, -0.2) is 208 Å². The highest BCUT2D eigenvalue weighted by atomic mass is 32.2. The molecule has 2 aliphatic rings.